The molecule has 1 aromatic rings. The van der Waals surface area contributed by atoms with Crippen molar-refractivity contribution in [3.05, 3.63) is 35.4 Å². The van der Waals surface area contributed by atoms with Gasteiger partial charge in [0.15, 0.2) is 0 Å². The molecule has 2 aliphatic rings. The second kappa shape index (κ2) is 33.8. The zero-order chi connectivity index (χ0) is 70.3. The number of alkyl halides is 3. The predicted molar refractivity (Wildman–Crippen MR) is 338 cm³/mol. The average Bonchev–Trinajstić information content (AvgIpc) is 1.11. The fourth-order valence-corrected chi connectivity index (χ4v) is 11.4. The van der Waals surface area contributed by atoms with E-state index >= 15 is 0 Å². The monoisotopic (exact) mass is 1310 g/mol. The van der Waals surface area contributed by atoms with Crippen molar-refractivity contribution >= 4 is 65.0 Å². The molecule has 0 radical (unpaired) electrons. The molecule has 11 N–H and O–H groups in total. The van der Waals surface area contributed by atoms with Crippen LogP contribution in [-0.2, 0) is 65.3 Å². The lowest BCUT2D eigenvalue weighted by Crippen LogP contribution is -2.66. The van der Waals surface area contributed by atoms with E-state index in [1.807, 2.05) is 20.8 Å². The molecule has 2 aliphatic heterocycles. The standard InChI is InChI=1S/C64H105F3N12O13/c1-19-37(8)49-58(90)79-26-20-21-45(79)57(89)77(17)46(28-35(4)5)54(86)74-51(41(12)81)55(87)68-32-48(83)75-63(16,31-42-22-24-43(25-23-42)64(65,66)67)60(92)78(18)61(13,14)33-69-50(40(11)80)56(88)72-44(27-34(2)3)53(85)76-62(15,30-36(6)7)59(91)70-38(9)29-47(82)71-39(10)52(84)73-49/h22-25,34-41,44-46,49-51,69,80-81H,19-21,26-33H2,1-18H3,(H,68,87)(H,70,91)(H,71,82)(H,72,88)(H,73,84)(H,74,86)(H,75,83)(H,76,85)/t37-,38-,39-,40?,41+,44-,45-,46-,49-,50-,51-,62-,63?/m0/s1. The zero-order valence-corrected chi connectivity index (χ0v) is 57.0. The maximum absolute atomic E-state index is 15.0. The largest absolute Gasteiger partial charge is 0.416 e. The number of aliphatic hydroxyl groups excluding tert-OH is 2. The molecule has 0 bridgehead atoms. The first-order valence-electron chi connectivity index (χ1n) is 31.9. The van der Waals surface area contributed by atoms with E-state index in [0.29, 0.717) is 12.8 Å². The Morgan fingerprint density at radius 1 is 0.641 bits per heavy atom. The van der Waals surface area contributed by atoms with Gasteiger partial charge in [0.2, 0.25) is 65.0 Å². The number of likely N-dealkylation sites (N-methyl/N-ethyl adjacent to an activating group) is 2. The summed E-state index contributed by atoms with van der Waals surface area (Å²) in [4.78, 5) is 161. The average molecular weight is 1310 g/mol. The third kappa shape index (κ3) is 22.4. The number of benzene rings is 1. The number of rotatable bonds is 12. The molecule has 0 saturated carbocycles. The quantitative estimate of drug-likeness (QED) is 0.143. The Hall–Kier alpha value is -6.94. The minimum atomic E-state index is -4.70. The number of nitrogens with zero attached hydrogens (tertiary/aromatic N) is 3. The van der Waals surface area contributed by atoms with Crippen LogP contribution >= 0.6 is 0 Å². The van der Waals surface area contributed by atoms with Crippen molar-refractivity contribution in [2.24, 2.45) is 23.7 Å². The summed E-state index contributed by atoms with van der Waals surface area (Å²) in [6.07, 6.45) is -7.24. The van der Waals surface area contributed by atoms with Crippen LogP contribution in [0.25, 0.3) is 0 Å². The summed E-state index contributed by atoms with van der Waals surface area (Å²) in [5.41, 5.74) is -5.72. The lowest BCUT2D eigenvalue weighted by Gasteiger charge is -2.42. The van der Waals surface area contributed by atoms with Crippen molar-refractivity contribution in [1.29, 1.82) is 0 Å². The van der Waals surface area contributed by atoms with Crippen LogP contribution in [0.15, 0.2) is 24.3 Å². The summed E-state index contributed by atoms with van der Waals surface area (Å²) in [6.45, 7) is 24.9. The molecule has 0 spiro atoms. The number of hydrogen-bond donors (Lipinski definition) is 11. The van der Waals surface area contributed by atoms with Gasteiger partial charge in [-0.15, -0.1) is 0 Å². The normalized spacial score (nSPS) is 28.8. The van der Waals surface area contributed by atoms with Crippen LogP contribution in [0.2, 0.25) is 0 Å². The lowest BCUT2D eigenvalue weighted by molar-refractivity contribution is -0.149. The van der Waals surface area contributed by atoms with Gasteiger partial charge in [-0.3, -0.25) is 52.7 Å². The molecule has 11 amide bonds. The Kier molecular flexibility index (Phi) is 29.1. The van der Waals surface area contributed by atoms with E-state index in [1.54, 1.807) is 55.4 Å². The van der Waals surface area contributed by atoms with Gasteiger partial charge in [0, 0.05) is 51.6 Å². The molecule has 520 valence electrons. The van der Waals surface area contributed by atoms with E-state index in [1.165, 1.54) is 63.4 Å². The van der Waals surface area contributed by atoms with Gasteiger partial charge in [0.1, 0.15) is 53.4 Å². The van der Waals surface area contributed by atoms with Gasteiger partial charge < -0.3 is 72.8 Å². The maximum Gasteiger partial charge on any atom is 0.416 e. The Bertz CT molecular complexity index is 2770. The van der Waals surface area contributed by atoms with Crippen molar-refractivity contribution in [3.63, 3.8) is 0 Å². The van der Waals surface area contributed by atoms with Gasteiger partial charge in [-0.1, -0.05) is 73.9 Å². The number of amides is 11. The molecule has 1 aromatic carbocycles. The summed E-state index contributed by atoms with van der Waals surface area (Å²) in [5, 5.41) is 46.3. The van der Waals surface area contributed by atoms with Crippen LogP contribution < -0.4 is 47.9 Å². The number of hydrogen-bond acceptors (Lipinski definition) is 14. The molecule has 28 heteroatoms. The van der Waals surface area contributed by atoms with Gasteiger partial charge in [0.25, 0.3) is 0 Å². The van der Waals surface area contributed by atoms with Crippen LogP contribution in [0.1, 0.15) is 167 Å². The maximum atomic E-state index is 15.0. The molecule has 0 aliphatic carbocycles. The summed E-state index contributed by atoms with van der Waals surface area (Å²) < 4.78 is 41.1. The Morgan fingerprint density at radius 2 is 1.22 bits per heavy atom. The van der Waals surface area contributed by atoms with Crippen molar-refractivity contribution < 1.29 is 76.1 Å². The van der Waals surface area contributed by atoms with Crippen molar-refractivity contribution in [2.75, 3.05) is 33.7 Å². The molecule has 2 heterocycles. The molecule has 2 fully saturated rings. The van der Waals surface area contributed by atoms with E-state index in [0.717, 1.165) is 24.3 Å². The lowest BCUT2D eigenvalue weighted by atomic mass is 9.88. The van der Waals surface area contributed by atoms with Gasteiger partial charge in [-0.2, -0.15) is 13.2 Å². The number of carbonyl (C=O) groups excluding carboxylic acids is 11. The van der Waals surface area contributed by atoms with E-state index in [-0.39, 0.29) is 68.5 Å². The molecule has 2 saturated heterocycles. The third-order valence-electron chi connectivity index (χ3n) is 17.1. The Morgan fingerprint density at radius 3 is 1.75 bits per heavy atom. The topological polar surface area (TPSA) is 346 Å². The van der Waals surface area contributed by atoms with Crippen molar-refractivity contribution in [1.82, 2.24) is 62.6 Å². The fraction of sp³-hybridized carbons (Fsp3) is 0.734. The molecule has 0 aromatic heterocycles. The zero-order valence-electron chi connectivity index (χ0n) is 57.0. The summed E-state index contributed by atoms with van der Waals surface area (Å²) in [6, 6.07) is -6.14. The summed E-state index contributed by atoms with van der Waals surface area (Å²) in [7, 11) is 2.75. The van der Waals surface area contributed by atoms with Crippen LogP contribution in [0.5, 0.6) is 0 Å². The second-order valence-corrected chi connectivity index (χ2v) is 27.6. The van der Waals surface area contributed by atoms with Gasteiger partial charge in [0.05, 0.1) is 24.3 Å². The first-order chi connectivity index (χ1) is 42.4. The highest BCUT2D eigenvalue weighted by molar-refractivity contribution is 5.99. The van der Waals surface area contributed by atoms with E-state index in [2.05, 4.69) is 47.9 Å². The molecule has 2 unspecified atom stereocenters. The molecule has 3 rings (SSSR count). The second-order valence-electron chi connectivity index (χ2n) is 27.6. The Balaban J connectivity index is 2.19. The number of carbonyl (C=O) groups is 11. The van der Waals surface area contributed by atoms with E-state index in [4.69, 9.17) is 0 Å². The fourth-order valence-electron chi connectivity index (χ4n) is 11.4. The van der Waals surface area contributed by atoms with Crippen LogP contribution in [0.4, 0.5) is 13.2 Å². The van der Waals surface area contributed by atoms with Crippen LogP contribution in [-0.4, -0.2) is 201 Å². The molecular formula is C64H105F3N12O13. The van der Waals surface area contributed by atoms with E-state index < -0.39 is 173 Å². The van der Waals surface area contributed by atoms with Gasteiger partial charge >= 0.3 is 6.18 Å². The number of aliphatic hydroxyl groups is 2. The molecule has 13 atom stereocenters. The minimum Gasteiger partial charge on any atom is -0.391 e. The number of fused-ring (bicyclic) bond motifs is 1. The summed E-state index contributed by atoms with van der Waals surface area (Å²) >= 11 is 0. The van der Waals surface area contributed by atoms with E-state index in [9.17, 15) is 76.1 Å². The van der Waals surface area contributed by atoms with Crippen molar-refractivity contribution in [2.45, 2.75) is 245 Å². The molecule has 92 heavy (non-hydrogen) atoms. The molecular weight excluding hydrogens is 1200 g/mol. The highest BCUT2D eigenvalue weighted by atomic mass is 19.4. The predicted octanol–water partition coefficient (Wildman–Crippen LogP) is 1.94. The van der Waals surface area contributed by atoms with Gasteiger partial charge in [-0.05, 0) is 129 Å². The first kappa shape index (κ1) is 79.3. The van der Waals surface area contributed by atoms with Crippen LogP contribution in [0.3, 0.4) is 0 Å². The first-order valence-corrected chi connectivity index (χ1v) is 31.9. The SMILES string of the molecule is CC[C@H](C)[C@@H]1NC(=O)[C@H](C)NC(=O)C[C@H](C)NC(=O)[C@](C)(CC(C)C)NC(=O)[C@H](CC(C)C)NC(=O)[C@H](C(C)O)NCC(C)(C)N(C)C(=O)C(C)(Cc2ccc(C(F)(F)F)cc2)NC(=O)CNC(=O)[C@H]([C@@H](C)O)NC(=O)[C@H](CC(C)C)N(C)C(=O)[C@@H]2CCCN2C1=O. The minimum absolute atomic E-state index is 0.0452. The van der Waals surface area contributed by atoms with Crippen LogP contribution in [0, 0.1) is 23.7 Å². The summed E-state index contributed by atoms with van der Waals surface area (Å²) in [5.74, 6) is -9.59. The van der Waals surface area contributed by atoms with Crippen molar-refractivity contribution in [3.8, 4) is 0 Å². The highest BCUT2D eigenvalue weighted by Gasteiger charge is 2.46. The highest BCUT2D eigenvalue weighted by Crippen LogP contribution is 2.31. The molecule has 25 nitrogen and oxygen atoms in total. The van der Waals surface area contributed by atoms with Gasteiger partial charge in [-0.25, -0.2) is 0 Å². The smallest absolute Gasteiger partial charge is 0.391 e. The number of halogens is 3. The Labute approximate surface area is 540 Å². The number of nitrogens with one attached hydrogen (secondary N) is 9. The third-order valence-corrected chi connectivity index (χ3v) is 17.1.